The molecule has 0 aromatic heterocycles. The molecule has 0 aliphatic carbocycles. The smallest absolute Gasteiger partial charge is 0.339 e. The average molecular weight is 288 g/mol. The van der Waals surface area contributed by atoms with Crippen LogP contribution in [0.5, 0.6) is 5.75 Å². The van der Waals surface area contributed by atoms with Gasteiger partial charge in [-0.1, -0.05) is 30.3 Å². The van der Waals surface area contributed by atoms with Gasteiger partial charge in [-0.2, -0.15) is 0 Å². The van der Waals surface area contributed by atoms with E-state index in [1.165, 1.54) is 12.1 Å². The lowest BCUT2D eigenvalue weighted by molar-refractivity contribution is 0.0525. The Balaban J connectivity index is 0.000000211. The number of carbonyl (C=O) groups is 2. The van der Waals surface area contributed by atoms with E-state index in [9.17, 15) is 9.59 Å². The van der Waals surface area contributed by atoms with Crippen LogP contribution < -0.4 is 0 Å². The number of phenols is 1. The molecule has 21 heavy (non-hydrogen) atoms. The number of benzene rings is 2. The molecular formula is C16H16O5. The van der Waals surface area contributed by atoms with E-state index in [2.05, 4.69) is 0 Å². The van der Waals surface area contributed by atoms with E-state index in [4.69, 9.17) is 14.9 Å². The SMILES string of the molecule is CCOC(=O)c1ccccc1.O=C(O)c1ccccc1O. The molecule has 5 nitrogen and oxygen atoms in total. The monoisotopic (exact) mass is 288 g/mol. The Hall–Kier alpha value is -2.82. The minimum Gasteiger partial charge on any atom is -0.507 e. The number of para-hydroxylation sites is 1. The highest BCUT2D eigenvalue weighted by molar-refractivity contribution is 5.90. The minimum absolute atomic E-state index is 0.0671. The van der Waals surface area contributed by atoms with Crippen molar-refractivity contribution in [2.45, 2.75) is 6.92 Å². The van der Waals surface area contributed by atoms with Crippen LogP contribution in [0.15, 0.2) is 54.6 Å². The number of carboxylic acid groups (broad SMARTS) is 1. The summed E-state index contributed by atoms with van der Waals surface area (Å²) in [6.45, 7) is 2.22. The first-order valence-electron chi connectivity index (χ1n) is 6.29. The Kier molecular flexibility index (Phi) is 6.47. The van der Waals surface area contributed by atoms with Gasteiger partial charge in [0.1, 0.15) is 11.3 Å². The summed E-state index contributed by atoms with van der Waals surface area (Å²) in [7, 11) is 0. The maximum Gasteiger partial charge on any atom is 0.339 e. The number of esters is 1. The van der Waals surface area contributed by atoms with Crippen LogP contribution in [-0.4, -0.2) is 28.8 Å². The van der Waals surface area contributed by atoms with E-state index < -0.39 is 5.97 Å². The molecule has 0 amide bonds. The summed E-state index contributed by atoms with van der Waals surface area (Å²) in [6, 6.07) is 14.8. The van der Waals surface area contributed by atoms with E-state index in [-0.39, 0.29) is 17.3 Å². The normalized spacial score (nSPS) is 9.19. The second-order valence-electron chi connectivity index (χ2n) is 3.91. The molecule has 0 radical (unpaired) electrons. The van der Waals surface area contributed by atoms with Crippen LogP contribution in [0.2, 0.25) is 0 Å². The average Bonchev–Trinajstić information content (AvgIpc) is 2.49. The van der Waals surface area contributed by atoms with Crippen LogP contribution in [-0.2, 0) is 4.74 Å². The summed E-state index contributed by atoms with van der Waals surface area (Å²) in [5.74, 6) is -1.57. The van der Waals surface area contributed by atoms with E-state index in [0.29, 0.717) is 12.2 Å². The lowest BCUT2D eigenvalue weighted by atomic mass is 10.2. The fraction of sp³-hybridized carbons (Fsp3) is 0.125. The number of hydrogen-bond acceptors (Lipinski definition) is 4. The number of aromatic carboxylic acids is 1. The minimum atomic E-state index is -1.11. The molecule has 2 aromatic rings. The topological polar surface area (TPSA) is 83.8 Å². The third-order valence-corrected chi connectivity index (χ3v) is 2.42. The van der Waals surface area contributed by atoms with Gasteiger partial charge in [-0.3, -0.25) is 0 Å². The van der Waals surface area contributed by atoms with Crippen molar-refractivity contribution in [3.8, 4) is 5.75 Å². The number of ether oxygens (including phenoxy) is 1. The first-order chi connectivity index (χ1) is 10.1. The van der Waals surface area contributed by atoms with Crippen molar-refractivity contribution >= 4 is 11.9 Å². The molecular weight excluding hydrogens is 272 g/mol. The van der Waals surface area contributed by atoms with Gasteiger partial charge < -0.3 is 14.9 Å². The van der Waals surface area contributed by atoms with Gasteiger partial charge in [0, 0.05) is 0 Å². The molecule has 0 bridgehead atoms. The highest BCUT2D eigenvalue weighted by Gasteiger charge is 2.05. The van der Waals surface area contributed by atoms with Crippen LogP contribution in [0, 0.1) is 0 Å². The summed E-state index contributed by atoms with van der Waals surface area (Å²) in [5.41, 5.74) is 0.539. The van der Waals surface area contributed by atoms with Gasteiger partial charge in [0.15, 0.2) is 0 Å². The Morgan fingerprint density at radius 2 is 1.57 bits per heavy atom. The molecule has 2 aromatic carbocycles. The second-order valence-corrected chi connectivity index (χ2v) is 3.91. The molecule has 0 saturated carbocycles. The summed E-state index contributed by atoms with van der Waals surface area (Å²) in [5, 5.41) is 17.3. The van der Waals surface area contributed by atoms with Gasteiger partial charge in [0.2, 0.25) is 0 Å². The molecule has 0 saturated heterocycles. The quantitative estimate of drug-likeness (QED) is 0.848. The first kappa shape index (κ1) is 16.2. The molecule has 2 rings (SSSR count). The summed E-state index contributed by atoms with van der Waals surface area (Å²) >= 11 is 0. The maximum atomic E-state index is 11.0. The zero-order chi connectivity index (χ0) is 15.7. The van der Waals surface area contributed by atoms with Crippen LogP contribution in [0.4, 0.5) is 0 Å². The predicted molar refractivity (Wildman–Crippen MR) is 77.5 cm³/mol. The van der Waals surface area contributed by atoms with Crippen molar-refractivity contribution in [1.82, 2.24) is 0 Å². The molecule has 0 heterocycles. The summed E-state index contributed by atoms with van der Waals surface area (Å²) in [4.78, 5) is 21.3. The fourth-order valence-electron chi connectivity index (χ4n) is 1.44. The molecule has 0 aliphatic rings. The zero-order valence-corrected chi connectivity index (χ0v) is 11.5. The van der Waals surface area contributed by atoms with Gasteiger partial charge in [-0.05, 0) is 31.2 Å². The first-order valence-corrected chi connectivity index (χ1v) is 6.29. The van der Waals surface area contributed by atoms with Crippen molar-refractivity contribution in [2.24, 2.45) is 0 Å². The molecule has 0 aliphatic heterocycles. The Morgan fingerprint density at radius 1 is 1.00 bits per heavy atom. The number of aromatic hydroxyl groups is 1. The Labute approximate surface area is 122 Å². The fourth-order valence-corrected chi connectivity index (χ4v) is 1.44. The number of hydrogen-bond donors (Lipinski definition) is 2. The predicted octanol–water partition coefficient (Wildman–Crippen LogP) is 2.95. The molecule has 110 valence electrons. The van der Waals surface area contributed by atoms with Crippen LogP contribution >= 0.6 is 0 Å². The second kappa shape index (κ2) is 8.37. The van der Waals surface area contributed by atoms with E-state index >= 15 is 0 Å². The lowest BCUT2D eigenvalue weighted by Gasteiger charge is -1.99. The van der Waals surface area contributed by atoms with Crippen molar-refractivity contribution in [3.63, 3.8) is 0 Å². The van der Waals surface area contributed by atoms with Crippen LogP contribution in [0.25, 0.3) is 0 Å². The van der Waals surface area contributed by atoms with Crippen LogP contribution in [0.3, 0.4) is 0 Å². The standard InChI is InChI=1S/C9H10O2.C7H6O3/c1-2-11-9(10)8-6-4-3-5-7-8;8-6-4-2-1-3-5(6)7(9)10/h3-7H,2H2,1H3;1-4,8H,(H,9,10). The van der Waals surface area contributed by atoms with Crippen molar-refractivity contribution in [1.29, 1.82) is 0 Å². The molecule has 2 N–H and O–H groups in total. The largest absolute Gasteiger partial charge is 0.507 e. The van der Waals surface area contributed by atoms with E-state index in [1.54, 1.807) is 31.2 Å². The molecule has 0 unspecified atom stereocenters. The lowest BCUT2D eigenvalue weighted by Crippen LogP contribution is -2.03. The van der Waals surface area contributed by atoms with Crippen molar-refractivity contribution in [3.05, 3.63) is 65.7 Å². The molecule has 5 heteroatoms. The van der Waals surface area contributed by atoms with E-state index in [1.807, 2.05) is 18.2 Å². The summed E-state index contributed by atoms with van der Waals surface area (Å²) < 4.78 is 4.79. The number of carboxylic acids is 1. The Morgan fingerprint density at radius 3 is 2.05 bits per heavy atom. The third kappa shape index (κ3) is 5.36. The zero-order valence-electron chi connectivity index (χ0n) is 11.5. The Bertz CT molecular complexity index is 593. The van der Waals surface area contributed by atoms with Gasteiger partial charge in [0.25, 0.3) is 0 Å². The number of rotatable bonds is 3. The highest BCUT2D eigenvalue weighted by Crippen LogP contribution is 2.14. The van der Waals surface area contributed by atoms with Gasteiger partial charge in [0.05, 0.1) is 12.2 Å². The van der Waals surface area contributed by atoms with Gasteiger partial charge in [-0.15, -0.1) is 0 Å². The van der Waals surface area contributed by atoms with Gasteiger partial charge >= 0.3 is 11.9 Å². The maximum absolute atomic E-state index is 11.0. The van der Waals surface area contributed by atoms with Crippen molar-refractivity contribution in [2.75, 3.05) is 6.61 Å². The highest BCUT2D eigenvalue weighted by atomic mass is 16.5. The third-order valence-electron chi connectivity index (χ3n) is 2.42. The molecule has 0 fully saturated rings. The summed E-state index contributed by atoms with van der Waals surface area (Å²) in [6.07, 6.45) is 0. The van der Waals surface area contributed by atoms with Gasteiger partial charge in [-0.25, -0.2) is 9.59 Å². The van der Waals surface area contributed by atoms with Crippen LogP contribution in [0.1, 0.15) is 27.6 Å². The molecule has 0 atom stereocenters. The van der Waals surface area contributed by atoms with E-state index in [0.717, 1.165) is 0 Å². The van der Waals surface area contributed by atoms with Crippen molar-refractivity contribution < 1.29 is 24.5 Å². The molecule has 0 spiro atoms. The number of carbonyl (C=O) groups excluding carboxylic acids is 1.